The number of aliphatic carboxylic acids is 1. The molecular formula is C10H8BrClO2. The van der Waals surface area contributed by atoms with E-state index in [4.69, 9.17) is 16.7 Å². The lowest BCUT2D eigenvalue weighted by Gasteiger charge is -2.02. The second-order valence-corrected chi connectivity index (χ2v) is 3.98. The molecule has 0 fully saturated rings. The number of halogens is 2. The molecule has 1 N–H and O–H groups in total. The van der Waals surface area contributed by atoms with Crippen molar-refractivity contribution in [2.45, 2.75) is 6.92 Å². The van der Waals surface area contributed by atoms with Gasteiger partial charge in [0, 0.05) is 15.1 Å². The Morgan fingerprint density at radius 1 is 1.36 bits per heavy atom. The van der Waals surface area contributed by atoms with E-state index in [9.17, 15) is 4.79 Å². The van der Waals surface area contributed by atoms with Gasteiger partial charge < -0.3 is 5.11 Å². The van der Waals surface area contributed by atoms with Crippen molar-refractivity contribution in [1.82, 2.24) is 0 Å². The zero-order valence-electron chi connectivity index (χ0n) is 7.42. The number of rotatable bonds is 2. The quantitative estimate of drug-likeness (QED) is 0.838. The average molecular weight is 276 g/mol. The van der Waals surface area contributed by atoms with Gasteiger partial charge in [-0.25, -0.2) is 4.79 Å². The van der Waals surface area contributed by atoms with Crippen LogP contribution in [0.5, 0.6) is 0 Å². The van der Waals surface area contributed by atoms with Crippen LogP contribution < -0.4 is 0 Å². The number of hydrogen-bond acceptors (Lipinski definition) is 1. The molecule has 1 aromatic carbocycles. The van der Waals surface area contributed by atoms with Gasteiger partial charge in [-0.2, -0.15) is 0 Å². The van der Waals surface area contributed by atoms with Crippen molar-refractivity contribution in [1.29, 1.82) is 0 Å². The van der Waals surface area contributed by atoms with Crippen LogP contribution in [0.2, 0.25) is 5.02 Å². The normalized spacial score (nSPS) is 12.2. The molecule has 14 heavy (non-hydrogen) atoms. The molecule has 4 heteroatoms. The SMILES string of the molecule is C/C(C(=O)O)=C(/Br)c1ccc(Cl)cc1. The Hall–Kier alpha value is -0.800. The zero-order chi connectivity index (χ0) is 10.7. The maximum atomic E-state index is 10.7. The van der Waals surface area contributed by atoms with Crippen molar-refractivity contribution >= 4 is 38.0 Å². The lowest BCUT2D eigenvalue weighted by atomic mass is 10.1. The van der Waals surface area contributed by atoms with Crippen molar-refractivity contribution in [3.05, 3.63) is 40.4 Å². The molecule has 0 radical (unpaired) electrons. The smallest absolute Gasteiger partial charge is 0.332 e. The third kappa shape index (κ3) is 2.59. The molecule has 0 unspecified atom stereocenters. The van der Waals surface area contributed by atoms with Gasteiger partial charge in [-0.15, -0.1) is 0 Å². The topological polar surface area (TPSA) is 37.3 Å². The van der Waals surface area contributed by atoms with Gasteiger partial charge in [0.05, 0.1) is 0 Å². The highest BCUT2D eigenvalue weighted by molar-refractivity contribution is 9.15. The summed E-state index contributed by atoms with van der Waals surface area (Å²) in [6, 6.07) is 6.96. The summed E-state index contributed by atoms with van der Waals surface area (Å²) >= 11 is 8.94. The van der Waals surface area contributed by atoms with E-state index < -0.39 is 5.97 Å². The Morgan fingerprint density at radius 2 is 1.86 bits per heavy atom. The Bertz CT molecular complexity index is 382. The maximum absolute atomic E-state index is 10.7. The molecule has 0 spiro atoms. The Kier molecular flexibility index (Phi) is 3.72. The summed E-state index contributed by atoms with van der Waals surface area (Å²) in [7, 11) is 0. The minimum absolute atomic E-state index is 0.271. The van der Waals surface area contributed by atoms with Gasteiger partial charge in [0.15, 0.2) is 0 Å². The summed E-state index contributed by atoms with van der Waals surface area (Å²) < 4.78 is 0.571. The van der Waals surface area contributed by atoms with Gasteiger partial charge >= 0.3 is 5.97 Å². The van der Waals surface area contributed by atoms with E-state index in [1.165, 1.54) is 0 Å². The van der Waals surface area contributed by atoms with Crippen LogP contribution in [0.15, 0.2) is 29.8 Å². The summed E-state index contributed by atoms with van der Waals surface area (Å²) in [6.07, 6.45) is 0. The second-order valence-electron chi connectivity index (χ2n) is 2.75. The molecule has 0 atom stereocenters. The number of carbonyl (C=O) groups is 1. The standard InChI is InChI=1S/C10H8BrClO2/c1-6(10(13)14)9(11)7-2-4-8(12)5-3-7/h2-5H,1H3,(H,13,14)/b9-6-. The molecule has 0 bridgehead atoms. The second kappa shape index (κ2) is 4.62. The summed E-state index contributed by atoms with van der Waals surface area (Å²) in [5, 5.41) is 9.38. The van der Waals surface area contributed by atoms with Crippen LogP contribution in [0.3, 0.4) is 0 Å². The van der Waals surface area contributed by atoms with Crippen molar-refractivity contribution in [3.63, 3.8) is 0 Å². The Morgan fingerprint density at radius 3 is 2.29 bits per heavy atom. The van der Waals surface area contributed by atoms with Crippen LogP contribution in [0, 0.1) is 0 Å². The Balaban J connectivity index is 3.12. The van der Waals surface area contributed by atoms with Crippen LogP contribution in [0.25, 0.3) is 4.48 Å². The van der Waals surface area contributed by atoms with Gasteiger partial charge in [0.1, 0.15) is 0 Å². The molecule has 0 aromatic heterocycles. The highest BCUT2D eigenvalue weighted by atomic mass is 79.9. The van der Waals surface area contributed by atoms with Crippen LogP contribution in [0.4, 0.5) is 0 Å². The predicted octanol–water partition coefficient (Wildman–Crippen LogP) is 3.55. The fourth-order valence-corrected chi connectivity index (χ4v) is 1.47. The van der Waals surface area contributed by atoms with Gasteiger partial charge in [-0.3, -0.25) is 0 Å². The van der Waals surface area contributed by atoms with Crippen molar-refractivity contribution in [2.24, 2.45) is 0 Å². The molecule has 1 rings (SSSR count). The molecule has 74 valence electrons. The van der Waals surface area contributed by atoms with Crippen LogP contribution in [-0.2, 0) is 4.79 Å². The molecule has 0 saturated carbocycles. The lowest BCUT2D eigenvalue weighted by Crippen LogP contribution is -1.97. The van der Waals surface area contributed by atoms with E-state index in [2.05, 4.69) is 15.9 Å². The van der Waals surface area contributed by atoms with Crippen molar-refractivity contribution in [3.8, 4) is 0 Å². The highest BCUT2D eigenvalue weighted by Crippen LogP contribution is 2.26. The summed E-state index contributed by atoms with van der Waals surface area (Å²) in [5.74, 6) is -0.938. The van der Waals surface area contributed by atoms with E-state index in [1.807, 2.05) is 0 Å². The molecule has 0 amide bonds. The van der Waals surface area contributed by atoms with Gasteiger partial charge in [0.2, 0.25) is 0 Å². The molecular weight excluding hydrogens is 267 g/mol. The fraction of sp³-hybridized carbons (Fsp3) is 0.100. The highest BCUT2D eigenvalue weighted by Gasteiger charge is 2.08. The first-order chi connectivity index (χ1) is 6.52. The summed E-state index contributed by atoms with van der Waals surface area (Å²) in [5.41, 5.74) is 1.07. The van der Waals surface area contributed by atoms with E-state index in [0.29, 0.717) is 9.51 Å². The predicted molar refractivity (Wildman–Crippen MR) is 60.6 cm³/mol. The zero-order valence-corrected chi connectivity index (χ0v) is 9.76. The van der Waals surface area contributed by atoms with Crippen molar-refractivity contribution in [2.75, 3.05) is 0 Å². The number of hydrogen-bond donors (Lipinski definition) is 1. The largest absolute Gasteiger partial charge is 0.478 e. The molecule has 0 aliphatic carbocycles. The molecule has 0 saturated heterocycles. The number of benzene rings is 1. The van der Waals surface area contributed by atoms with Gasteiger partial charge in [0.25, 0.3) is 0 Å². The third-order valence-corrected chi connectivity index (χ3v) is 3.05. The Labute approximate surface area is 95.3 Å². The van der Waals surface area contributed by atoms with Gasteiger partial charge in [-0.1, -0.05) is 23.7 Å². The first kappa shape index (κ1) is 11.3. The van der Waals surface area contributed by atoms with E-state index in [1.54, 1.807) is 31.2 Å². The average Bonchev–Trinajstić information content (AvgIpc) is 2.16. The summed E-state index contributed by atoms with van der Waals surface area (Å²) in [4.78, 5) is 10.7. The van der Waals surface area contributed by atoms with Crippen LogP contribution in [-0.4, -0.2) is 11.1 Å². The first-order valence-corrected chi connectivity index (χ1v) is 5.05. The lowest BCUT2D eigenvalue weighted by molar-refractivity contribution is -0.132. The van der Waals surface area contributed by atoms with Crippen LogP contribution in [0.1, 0.15) is 12.5 Å². The number of carboxylic acid groups (broad SMARTS) is 1. The van der Waals surface area contributed by atoms with E-state index in [-0.39, 0.29) is 5.57 Å². The maximum Gasteiger partial charge on any atom is 0.332 e. The minimum Gasteiger partial charge on any atom is -0.478 e. The van der Waals surface area contributed by atoms with Gasteiger partial charge in [-0.05, 0) is 40.5 Å². The molecule has 1 aromatic rings. The third-order valence-electron chi connectivity index (χ3n) is 1.75. The summed E-state index contributed by atoms with van der Waals surface area (Å²) in [6.45, 7) is 1.54. The molecule has 0 heterocycles. The minimum atomic E-state index is -0.938. The number of carboxylic acids is 1. The van der Waals surface area contributed by atoms with E-state index in [0.717, 1.165) is 5.56 Å². The first-order valence-electron chi connectivity index (χ1n) is 3.88. The monoisotopic (exact) mass is 274 g/mol. The molecule has 2 nitrogen and oxygen atoms in total. The van der Waals surface area contributed by atoms with E-state index >= 15 is 0 Å². The molecule has 0 aliphatic heterocycles. The fourth-order valence-electron chi connectivity index (χ4n) is 0.907. The van der Waals surface area contributed by atoms with Crippen LogP contribution >= 0.6 is 27.5 Å². The van der Waals surface area contributed by atoms with Crippen molar-refractivity contribution < 1.29 is 9.90 Å². The molecule has 0 aliphatic rings.